The molecule has 2 aromatic rings. The third-order valence-corrected chi connectivity index (χ3v) is 6.95. The van der Waals surface area contributed by atoms with Crippen LogP contribution in [0.5, 0.6) is 0 Å². The lowest BCUT2D eigenvalue weighted by Gasteiger charge is -2.17. The highest BCUT2D eigenvalue weighted by molar-refractivity contribution is 8.26. The summed E-state index contributed by atoms with van der Waals surface area (Å²) in [6.07, 6.45) is -2.75. The number of hydrogen-bond donors (Lipinski definition) is 2. The summed E-state index contributed by atoms with van der Waals surface area (Å²) in [6, 6.07) is 8.18. The average Bonchev–Trinajstić information content (AvgIpc) is 3.44. The molecular formula is C25H26N4O9S3. The molecule has 0 radical (unpaired) electrons. The van der Waals surface area contributed by atoms with E-state index in [0.29, 0.717) is 5.69 Å². The predicted octanol–water partition coefficient (Wildman–Crippen LogP) is 4.37. The summed E-state index contributed by atoms with van der Waals surface area (Å²) in [4.78, 5) is 67.7. The van der Waals surface area contributed by atoms with E-state index in [2.05, 4.69) is 15.6 Å². The Kier molecular flexibility index (Phi) is 11.2. The molecule has 16 heteroatoms. The molecule has 1 saturated heterocycles. The van der Waals surface area contributed by atoms with E-state index in [9.17, 15) is 24.0 Å². The van der Waals surface area contributed by atoms with Crippen molar-refractivity contribution in [3.63, 3.8) is 0 Å². The molecule has 0 saturated carbocycles. The van der Waals surface area contributed by atoms with Gasteiger partial charge < -0.3 is 24.3 Å². The molecule has 0 aliphatic carbocycles. The smallest absolute Gasteiger partial charge is 0.462 e. The number of urea groups is 1. The first-order valence-electron chi connectivity index (χ1n) is 12.1. The van der Waals surface area contributed by atoms with Crippen molar-refractivity contribution in [1.82, 2.24) is 9.88 Å². The number of anilines is 2. The molecule has 41 heavy (non-hydrogen) atoms. The molecule has 3 amide bonds. The summed E-state index contributed by atoms with van der Waals surface area (Å²) in [5.74, 6) is -2.52. The van der Waals surface area contributed by atoms with E-state index in [1.165, 1.54) is 12.3 Å². The topological polar surface area (TPSA) is 162 Å². The Bertz CT molecular complexity index is 1360. The maximum Gasteiger partial charge on any atom is 0.511 e. The summed E-state index contributed by atoms with van der Waals surface area (Å²) in [5, 5.41) is 6.85. The summed E-state index contributed by atoms with van der Waals surface area (Å²) in [6.45, 7) is 5.55. The van der Waals surface area contributed by atoms with Gasteiger partial charge in [-0.15, -0.1) is 11.3 Å². The van der Waals surface area contributed by atoms with E-state index < -0.39 is 49.0 Å². The average molecular weight is 623 g/mol. The fourth-order valence-corrected chi connectivity index (χ4v) is 5.17. The SMILES string of the molecule is CCOC(=O)/C(=C1\SC(=S)N(CC(=O)OC(C)OC(=O)OC(C)C)C1=O)c1csc(NC(=O)Nc2ccccc2)n1. The lowest BCUT2D eigenvalue weighted by molar-refractivity contribution is -0.169. The van der Waals surface area contributed by atoms with Gasteiger partial charge in [-0.05, 0) is 32.9 Å². The van der Waals surface area contributed by atoms with Gasteiger partial charge in [0.15, 0.2) is 5.13 Å². The summed E-state index contributed by atoms with van der Waals surface area (Å²) < 4.78 is 19.8. The lowest BCUT2D eigenvalue weighted by Crippen LogP contribution is -2.36. The number of carbonyl (C=O) groups excluding carboxylic acids is 5. The third kappa shape index (κ3) is 8.99. The fraction of sp³-hybridized carbons (Fsp3) is 0.320. The second-order valence-electron chi connectivity index (χ2n) is 8.26. The number of nitrogens with one attached hydrogen (secondary N) is 2. The molecule has 13 nitrogen and oxygen atoms in total. The molecule has 1 aliphatic heterocycles. The van der Waals surface area contributed by atoms with Gasteiger partial charge in [0.05, 0.1) is 23.3 Å². The Hall–Kier alpha value is -4.02. The van der Waals surface area contributed by atoms with Crippen LogP contribution in [0.2, 0.25) is 0 Å². The minimum atomic E-state index is -1.29. The van der Waals surface area contributed by atoms with E-state index >= 15 is 0 Å². The normalized spacial score (nSPS) is 14.8. The Morgan fingerprint density at radius 3 is 2.41 bits per heavy atom. The van der Waals surface area contributed by atoms with E-state index in [1.54, 1.807) is 51.1 Å². The van der Waals surface area contributed by atoms with Gasteiger partial charge in [-0.1, -0.05) is 42.2 Å². The van der Waals surface area contributed by atoms with Crippen molar-refractivity contribution in [2.75, 3.05) is 23.8 Å². The van der Waals surface area contributed by atoms with Crippen LogP contribution in [0.3, 0.4) is 0 Å². The first kappa shape index (κ1) is 31.5. The maximum absolute atomic E-state index is 13.3. The number of rotatable bonds is 10. The van der Waals surface area contributed by atoms with Crippen LogP contribution in [0.1, 0.15) is 33.4 Å². The van der Waals surface area contributed by atoms with E-state index in [0.717, 1.165) is 28.0 Å². The van der Waals surface area contributed by atoms with Gasteiger partial charge in [0.25, 0.3) is 5.91 Å². The number of thiocarbonyl (C=S) groups is 1. The van der Waals surface area contributed by atoms with Crippen LogP contribution in [0.25, 0.3) is 5.57 Å². The van der Waals surface area contributed by atoms with Crippen molar-refractivity contribution in [3.05, 3.63) is 46.3 Å². The summed E-state index contributed by atoms with van der Waals surface area (Å²) >= 11 is 7.08. The van der Waals surface area contributed by atoms with Crippen molar-refractivity contribution in [2.24, 2.45) is 0 Å². The van der Waals surface area contributed by atoms with Gasteiger partial charge >= 0.3 is 24.1 Å². The van der Waals surface area contributed by atoms with Gasteiger partial charge in [0.2, 0.25) is 6.29 Å². The molecule has 0 bridgehead atoms. The van der Waals surface area contributed by atoms with Crippen LogP contribution in [0.15, 0.2) is 40.6 Å². The highest BCUT2D eigenvalue weighted by atomic mass is 32.2. The fourth-order valence-electron chi connectivity index (χ4n) is 3.16. The highest BCUT2D eigenvalue weighted by Gasteiger charge is 2.39. The van der Waals surface area contributed by atoms with Crippen LogP contribution in [-0.4, -0.2) is 69.8 Å². The number of nitrogens with zero attached hydrogens (tertiary/aromatic N) is 2. The predicted molar refractivity (Wildman–Crippen MR) is 155 cm³/mol. The summed E-state index contributed by atoms with van der Waals surface area (Å²) in [5.41, 5.74) is 0.450. The Balaban J connectivity index is 1.75. The minimum absolute atomic E-state index is 0.0147. The number of hydrogen-bond acceptors (Lipinski definition) is 13. The number of para-hydroxylation sites is 1. The number of thiazole rings is 1. The van der Waals surface area contributed by atoms with Crippen LogP contribution >= 0.6 is 35.3 Å². The van der Waals surface area contributed by atoms with Crippen LogP contribution < -0.4 is 10.6 Å². The van der Waals surface area contributed by atoms with E-state index in [1.807, 2.05) is 0 Å². The molecule has 0 spiro atoms. The number of thioether (sulfide) groups is 1. The van der Waals surface area contributed by atoms with Gasteiger partial charge in [-0.25, -0.2) is 19.4 Å². The Morgan fingerprint density at radius 2 is 1.76 bits per heavy atom. The quantitative estimate of drug-likeness (QED) is 0.127. The van der Waals surface area contributed by atoms with E-state index in [-0.39, 0.29) is 32.2 Å². The molecule has 1 fully saturated rings. The molecule has 1 unspecified atom stereocenters. The Labute approximate surface area is 248 Å². The van der Waals surface area contributed by atoms with E-state index in [4.69, 9.17) is 31.2 Å². The first-order valence-corrected chi connectivity index (χ1v) is 14.2. The number of benzene rings is 1. The number of ether oxygens (including phenoxy) is 4. The molecule has 2 N–H and O–H groups in total. The molecule has 1 atom stereocenters. The van der Waals surface area contributed by atoms with Crippen molar-refractivity contribution in [3.8, 4) is 0 Å². The zero-order valence-electron chi connectivity index (χ0n) is 22.3. The molecule has 2 heterocycles. The molecule has 1 aromatic carbocycles. The first-order chi connectivity index (χ1) is 19.5. The molecular weight excluding hydrogens is 596 g/mol. The van der Waals surface area contributed by atoms with Crippen LogP contribution in [0, 0.1) is 0 Å². The van der Waals surface area contributed by atoms with Gasteiger partial charge in [0, 0.05) is 18.0 Å². The standard InChI is InChI=1S/C25H26N4O9S3/c1-5-35-21(32)18(16-12-40-23(27-16)28-22(33)26-15-9-7-6-8-10-15)19-20(31)29(24(39)41-19)11-17(30)37-14(4)38-25(34)36-13(2)3/h6-10,12-14H,5,11H2,1-4H3,(H2,26,27,28,33)/b19-18-. The minimum Gasteiger partial charge on any atom is -0.462 e. The lowest BCUT2D eigenvalue weighted by atomic mass is 10.2. The van der Waals surface area contributed by atoms with Gasteiger partial charge in [-0.3, -0.25) is 19.8 Å². The zero-order valence-corrected chi connectivity index (χ0v) is 24.8. The maximum atomic E-state index is 13.3. The monoisotopic (exact) mass is 622 g/mol. The van der Waals surface area contributed by atoms with Crippen molar-refractivity contribution in [1.29, 1.82) is 0 Å². The number of amides is 3. The zero-order chi connectivity index (χ0) is 30.1. The van der Waals surface area contributed by atoms with Gasteiger partial charge in [0.1, 0.15) is 16.4 Å². The Morgan fingerprint density at radius 1 is 1.05 bits per heavy atom. The molecule has 3 rings (SSSR count). The molecule has 218 valence electrons. The van der Waals surface area contributed by atoms with Gasteiger partial charge in [-0.2, -0.15) is 0 Å². The van der Waals surface area contributed by atoms with Crippen molar-refractivity contribution < 1.29 is 42.9 Å². The van der Waals surface area contributed by atoms with Crippen LogP contribution in [0.4, 0.5) is 20.4 Å². The number of carbonyl (C=O) groups is 5. The second kappa shape index (κ2) is 14.6. The molecule has 1 aromatic heterocycles. The number of esters is 2. The van der Waals surface area contributed by atoms with Crippen molar-refractivity contribution >= 4 is 86.1 Å². The summed E-state index contributed by atoms with van der Waals surface area (Å²) in [7, 11) is 0. The van der Waals surface area contributed by atoms with Crippen LogP contribution in [-0.2, 0) is 33.3 Å². The second-order valence-corrected chi connectivity index (χ2v) is 10.8. The third-order valence-electron chi connectivity index (χ3n) is 4.75. The highest BCUT2D eigenvalue weighted by Crippen LogP contribution is 2.38. The number of aromatic nitrogens is 1. The largest absolute Gasteiger partial charge is 0.511 e. The molecule has 1 aliphatic rings. The van der Waals surface area contributed by atoms with Crippen molar-refractivity contribution in [2.45, 2.75) is 40.1 Å².